The van der Waals surface area contributed by atoms with Crippen molar-refractivity contribution in [2.45, 2.75) is 25.7 Å². The number of hydrogen-bond acceptors (Lipinski definition) is 2. The van der Waals surface area contributed by atoms with E-state index in [1.807, 2.05) is 0 Å². The predicted octanol–water partition coefficient (Wildman–Crippen LogP) is 2.99. The van der Waals surface area contributed by atoms with Crippen LogP contribution < -0.4 is 10.1 Å². The summed E-state index contributed by atoms with van der Waals surface area (Å²) in [6.07, 6.45) is 2.20. The molecule has 16 heavy (non-hydrogen) atoms. The summed E-state index contributed by atoms with van der Waals surface area (Å²) < 4.78 is 5.27. The fourth-order valence-electron chi connectivity index (χ4n) is 2.34. The van der Waals surface area contributed by atoms with Gasteiger partial charge in [-0.25, -0.2) is 0 Å². The Morgan fingerprint density at radius 1 is 1.50 bits per heavy atom. The third-order valence-electron chi connectivity index (χ3n) is 3.31. The molecular weight excluding hydrogens is 222 g/mol. The Morgan fingerprint density at radius 3 is 3.00 bits per heavy atom. The van der Waals surface area contributed by atoms with Crippen LogP contribution in [0.25, 0.3) is 0 Å². The Hall–Kier alpha value is -0.730. The molecule has 1 aliphatic rings. The Kier molecular flexibility index (Phi) is 3.72. The van der Waals surface area contributed by atoms with E-state index in [1.165, 1.54) is 11.1 Å². The Balaban J connectivity index is 2.45. The first-order valence-corrected chi connectivity index (χ1v) is 6.21. The molecule has 0 fully saturated rings. The molecule has 1 aromatic carbocycles. The molecule has 0 aliphatic carbocycles. The quantitative estimate of drug-likeness (QED) is 0.857. The molecule has 1 heterocycles. The number of hydrogen-bond donors (Lipinski definition) is 1. The van der Waals surface area contributed by atoms with Crippen LogP contribution in [0.3, 0.4) is 0 Å². The lowest BCUT2D eigenvalue weighted by Gasteiger charge is -2.17. The van der Waals surface area contributed by atoms with Gasteiger partial charge < -0.3 is 10.1 Å². The van der Waals surface area contributed by atoms with E-state index in [9.17, 15) is 0 Å². The van der Waals surface area contributed by atoms with Gasteiger partial charge in [0.05, 0.1) is 12.1 Å². The third-order valence-corrected chi connectivity index (χ3v) is 3.60. The van der Waals surface area contributed by atoms with E-state index in [2.05, 4.69) is 24.4 Å². The van der Waals surface area contributed by atoms with Gasteiger partial charge in [0.2, 0.25) is 0 Å². The normalized spacial score (nSPS) is 20.1. The molecule has 0 spiro atoms. The van der Waals surface area contributed by atoms with Crippen LogP contribution in [0.4, 0.5) is 0 Å². The number of ether oxygens (including phenoxy) is 1. The summed E-state index contributed by atoms with van der Waals surface area (Å²) in [7, 11) is 1.67. The zero-order valence-electron chi connectivity index (χ0n) is 9.85. The molecule has 1 atom stereocenters. The van der Waals surface area contributed by atoms with Crippen LogP contribution in [0, 0.1) is 0 Å². The van der Waals surface area contributed by atoms with Crippen molar-refractivity contribution < 1.29 is 4.74 Å². The molecule has 1 aromatic rings. The minimum absolute atomic E-state index is 0.570. The summed E-state index contributed by atoms with van der Waals surface area (Å²) >= 11 is 6.19. The van der Waals surface area contributed by atoms with E-state index in [1.54, 1.807) is 7.11 Å². The van der Waals surface area contributed by atoms with Crippen molar-refractivity contribution >= 4 is 11.6 Å². The summed E-state index contributed by atoms with van der Waals surface area (Å²) in [5.41, 5.74) is 2.76. The largest absolute Gasteiger partial charge is 0.495 e. The summed E-state index contributed by atoms with van der Waals surface area (Å²) in [5, 5.41) is 4.19. The lowest BCUT2D eigenvalue weighted by atomic mass is 9.92. The van der Waals surface area contributed by atoms with Gasteiger partial charge in [0.25, 0.3) is 0 Å². The number of nitrogens with one attached hydrogen (secondary N) is 1. The van der Waals surface area contributed by atoms with Gasteiger partial charge in [0, 0.05) is 6.54 Å². The highest BCUT2D eigenvalue weighted by Crippen LogP contribution is 2.34. The van der Waals surface area contributed by atoms with E-state index < -0.39 is 0 Å². The van der Waals surface area contributed by atoms with E-state index in [-0.39, 0.29) is 0 Å². The van der Waals surface area contributed by atoms with Crippen molar-refractivity contribution in [2.24, 2.45) is 0 Å². The maximum absolute atomic E-state index is 6.19. The molecule has 3 heteroatoms. The number of halogens is 1. The van der Waals surface area contributed by atoms with Gasteiger partial charge in [-0.1, -0.05) is 18.5 Å². The second-order valence-electron chi connectivity index (χ2n) is 4.24. The molecule has 0 saturated carbocycles. The average molecular weight is 240 g/mol. The van der Waals surface area contributed by atoms with Gasteiger partial charge in [-0.2, -0.15) is 0 Å². The summed E-state index contributed by atoms with van der Waals surface area (Å²) in [6, 6.07) is 4.17. The zero-order chi connectivity index (χ0) is 11.5. The highest BCUT2D eigenvalue weighted by molar-refractivity contribution is 6.32. The van der Waals surface area contributed by atoms with Crippen LogP contribution in [0.2, 0.25) is 5.02 Å². The minimum atomic E-state index is 0.570. The van der Waals surface area contributed by atoms with Crippen LogP contribution >= 0.6 is 11.6 Å². The Labute approximate surface area is 102 Å². The SMILES string of the molecule is CC[C@@H]1CNCCc2cc(OC)c(Cl)cc21. The monoisotopic (exact) mass is 239 g/mol. The molecule has 88 valence electrons. The number of methoxy groups -OCH3 is 1. The first-order chi connectivity index (χ1) is 7.76. The maximum atomic E-state index is 6.19. The van der Waals surface area contributed by atoms with Crippen molar-refractivity contribution in [3.05, 3.63) is 28.3 Å². The van der Waals surface area contributed by atoms with Crippen LogP contribution in [-0.4, -0.2) is 20.2 Å². The highest BCUT2D eigenvalue weighted by Gasteiger charge is 2.19. The van der Waals surface area contributed by atoms with E-state index >= 15 is 0 Å². The van der Waals surface area contributed by atoms with Gasteiger partial charge in [-0.3, -0.25) is 0 Å². The molecule has 2 nitrogen and oxygen atoms in total. The van der Waals surface area contributed by atoms with Crippen LogP contribution in [-0.2, 0) is 6.42 Å². The van der Waals surface area contributed by atoms with Crippen LogP contribution in [0.5, 0.6) is 5.75 Å². The second-order valence-corrected chi connectivity index (χ2v) is 4.65. The molecule has 2 rings (SSSR count). The maximum Gasteiger partial charge on any atom is 0.137 e. The van der Waals surface area contributed by atoms with Crippen molar-refractivity contribution in [3.63, 3.8) is 0 Å². The molecule has 0 unspecified atom stereocenters. The lowest BCUT2D eigenvalue weighted by Crippen LogP contribution is -2.19. The molecule has 1 aliphatic heterocycles. The fraction of sp³-hybridized carbons (Fsp3) is 0.538. The highest BCUT2D eigenvalue weighted by atomic mass is 35.5. The number of benzene rings is 1. The van der Waals surface area contributed by atoms with Crippen molar-refractivity contribution in [2.75, 3.05) is 20.2 Å². The fourth-order valence-corrected chi connectivity index (χ4v) is 2.59. The Bertz CT molecular complexity index is 378. The molecule has 1 N–H and O–H groups in total. The van der Waals surface area contributed by atoms with Gasteiger partial charge in [0.15, 0.2) is 0 Å². The second kappa shape index (κ2) is 5.07. The molecule has 0 saturated heterocycles. The summed E-state index contributed by atoms with van der Waals surface area (Å²) in [4.78, 5) is 0. The third kappa shape index (κ3) is 2.18. The molecule has 0 amide bonds. The topological polar surface area (TPSA) is 21.3 Å². The van der Waals surface area contributed by atoms with Crippen molar-refractivity contribution in [1.29, 1.82) is 0 Å². The number of rotatable bonds is 2. The predicted molar refractivity (Wildman–Crippen MR) is 67.6 cm³/mol. The molecule has 0 radical (unpaired) electrons. The molecular formula is C13H18ClNO. The van der Waals surface area contributed by atoms with E-state index in [0.717, 1.165) is 36.7 Å². The van der Waals surface area contributed by atoms with Gasteiger partial charge in [-0.15, -0.1) is 0 Å². The smallest absolute Gasteiger partial charge is 0.137 e. The first kappa shape index (κ1) is 11.7. The minimum Gasteiger partial charge on any atom is -0.495 e. The van der Waals surface area contributed by atoms with Crippen molar-refractivity contribution in [3.8, 4) is 5.75 Å². The van der Waals surface area contributed by atoms with E-state index in [0.29, 0.717) is 5.92 Å². The van der Waals surface area contributed by atoms with E-state index in [4.69, 9.17) is 16.3 Å². The molecule has 0 aromatic heterocycles. The average Bonchev–Trinajstić information content (AvgIpc) is 2.49. The molecule has 0 bridgehead atoms. The van der Waals surface area contributed by atoms with Crippen molar-refractivity contribution in [1.82, 2.24) is 5.32 Å². The first-order valence-electron chi connectivity index (χ1n) is 5.83. The summed E-state index contributed by atoms with van der Waals surface area (Å²) in [6.45, 7) is 4.31. The number of fused-ring (bicyclic) bond motifs is 1. The van der Waals surface area contributed by atoms with Gasteiger partial charge in [-0.05, 0) is 48.6 Å². The summed E-state index contributed by atoms with van der Waals surface area (Å²) in [5.74, 6) is 1.36. The standard InChI is InChI=1S/C13H18ClNO/c1-3-9-8-15-5-4-10-6-13(16-2)12(14)7-11(9)10/h6-7,9,15H,3-5,8H2,1-2H3/t9-/m1/s1. The zero-order valence-corrected chi connectivity index (χ0v) is 10.6. The van der Waals surface area contributed by atoms with Crippen LogP contribution in [0.1, 0.15) is 30.4 Å². The van der Waals surface area contributed by atoms with Gasteiger partial charge >= 0.3 is 0 Å². The Morgan fingerprint density at radius 2 is 2.31 bits per heavy atom. The lowest BCUT2D eigenvalue weighted by molar-refractivity contribution is 0.414. The van der Waals surface area contributed by atoms with Gasteiger partial charge in [0.1, 0.15) is 5.75 Å². The van der Waals surface area contributed by atoms with Crippen LogP contribution in [0.15, 0.2) is 12.1 Å².